The van der Waals surface area contributed by atoms with E-state index in [2.05, 4.69) is 25.8 Å². The lowest BCUT2D eigenvalue weighted by Gasteiger charge is -2.11. The average Bonchev–Trinajstić information content (AvgIpc) is 3.65. The van der Waals surface area contributed by atoms with E-state index in [0.29, 0.717) is 17.2 Å². The molecular formula is C24H19FN8O2. The topological polar surface area (TPSA) is 112 Å². The number of hydrogen-bond donors (Lipinski definition) is 2. The minimum Gasteiger partial charge on any atom is -0.343 e. The van der Waals surface area contributed by atoms with E-state index in [1.807, 2.05) is 12.1 Å². The van der Waals surface area contributed by atoms with E-state index in [1.165, 1.54) is 29.3 Å². The van der Waals surface area contributed by atoms with Gasteiger partial charge in [-0.3, -0.25) is 9.59 Å². The number of halogens is 1. The summed E-state index contributed by atoms with van der Waals surface area (Å²) in [5.41, 5.74) is 2.21. The van der Waals surface area contributed by atoms with Gasteiger partial charge in [0, 0.05) is 18.1 Å². The molecule has 174 valence electrons. The first-order chi connectivity index (χ1) is 17.1. The molecule has 2 amide bonds. The van der Waals surface area contributed by atoms with Gasteiger partial charge in [0.15, 0.2) is 5.82 Å². The van der Waals surface area contributed by atoms with Gasteiger partial charge in [0.05, 0.1) is 24.1 Å². The Labute approximate surface area is 198 Å². The molecule has 2 N–H and O–H groups in total. The van der Waals surface area contributed by atoms with E-state index in [-0.39, 0.29) is 23.8 Å². The van der Waals surface area contributed by atoms with Crippen molar-refractivity contribution in [3.8, 4) is 17.2 Å². The van der Waals surface area contributed by atoms with Crippen LogP contribution in [0.1, 0.15) is 10.4 Å². The summed E-state index contributed by atoms with van der Waals surface area (Å²) in [7, 11) is 0. The second kappa shape index (κ2) is 9.43. The standard InChI is InChI=1S/C24H19FN8O2/c25-17-3-7-20(8-4-17)33-24(31-11-1-2-12-31)21(13-28-33)23(35)27-14-22(34)30-18-5-9-19(10-6-18)32-16-26-15-29-32/h1-13,15-16H,14H2,(H,27,35)(H,30,34). The number of rotatable bonds is 7. The van der Waals surface area contributed by atoms with Gasteiger partial charge in [-0.1, -0.05) is 0 Å². The summed E-state index contributed by atoms with van der Waals surface area (Å²) >= 11 is 0. The van der Waals surface area contributed by atoms with Crippen LogP contribution in [0.15, 0.2) is 91.9 Å². The third kappa shape index (κ3) is 4.69. The first-order valence-electron chi connectivity index (χ1n) is 10.6. The van der Waals surface area contributed by atoms with E-state index in [4.69, 9.17) is 0 Å². The number of anilines is 1. The summed E-state index contributed by atoms with van der Waals surface area (Å²) < 4.78 is 18.2. The Morgan fingerprint density at radius 1 is 0.914 bits per heavy atom. The molecule has 10 nitrogen and oxygen atoms in total. The molecule has 0 unspecified atom stereocenters. The third-order valence-electron chi connectivity index (χ3n) is 5.15. The molecular weight excluding hydrogens is 451 g/mol. The Morgan fingerprint density at radius 3 is 2.31 bits per heavy atom. The second-order valence-corrected chi connectivity index (χ2v) is 7.48. The van der Waals surface area contributed by atoms with Crippen LogP contribution >= 0.6 is 0 Å². The van der Waals surface area contributed by atoms with Crippen molar-refractivity contribution in [3.63, 3.8) is 0 Å². The fourth-order valence-electron chi connectivity index (χ4n) is 3.50. The van der Waals surface area contributed by atoms with Crippen LogP contribution in [0, 0.1) is 5.82 Å². The van der Waals surface area contributed by atoms with Crippen LogP contribution < -0.4 is 10.6 Å². The van der Waals surface area contributed by atoms with E-state index >= 15 is 0 Å². The zero-order valence-corrected chi connectivity index (χ0v) is 18.2. The molecule has 11 heteroatoms. The van der Waals surface area contributed by atoms with E-state index < -0.39 is 5.91 Å². The van der Waals surface area contributed by atoms with Gasteiger partial charge >= 0.3 is 0 Å². The van der Waals surface area contributed by atoms with E-state index in [0.717, 1.165) is 5.69 Å². The maximum Gasteiger partial charge on any atom is 0.257 e. The van der Waals surface area contributed by atoms with Crippen molar-refractivity contribution in [2.75, 3.05) is 11.9 Å². The Bertz CT molecular complexity index is 1440. The molecule has 0 aliphatic carbocycles. The SMILES string of the molecule is O=C(CNC(=O)c1cnn(-c2ccc(F)cc2)c1-n1cccc1)Nc1ccc(-n2cncn2)cc1. The van der Waals surface area contributed by atoms with Crippen molar-refractivity contribution in [3.05, 3.63) is 103 Å². The molecule has 0 aliphatic heterocycles. The lowest BCUT2D eigenvalue weighted by Crippen LogP contribution is -2.33. The summed E-state index contributed by atoms with van der Waals surface area (Å²) in [6.45, 7) is -0.240. The largest absolute Gasteiger partial charge is 0.343 e. The molecule has 3 heterocycles. The van der Waals surface area contributed by atoms with Crippen LogP contribution in [0.5, 0.6) is 0 Å². The van der Waals surface area contributed by atoms with Gasteiger partial charge in [0.2, 0.25) is 5.91 Å². The molecule has 5 rings (SSSR count). The predicted octanol–water partition coefficient (Wildman–Crippen LogP) is 2.75. The normalized spacial score (nSPS) is 10.8. The number of hydrogen-bond acceptors (Lipinski definition) is 5. The van der Waals surface area contributed by atoms with Crippen molar-refractivity contribution < 1.29 is 14.0 Å². The first-order valence-corrected chi connectivity index (χ1v) is 10.6. The molecule has 35 heavy (non-hydrogen) atoms. The second-order valence-electron chi connectivity index (χ2n) is 7.48. The smallest absolute Gasteiger partial charge is 0.257 e. The summed E-state index contributed by atoms with van der Waals surface area (Å²) in [5, 5.41) is 13.7. The molecule has 5 aromatic rings. The lowest BCUT2D eigenvalue weighted by molar-refractivity contribution is -0.115. The average molecular weight is 470 g/mol. The predicted molar refractivity (Wildman–Crippen MR) is 125 cm³/mol. The zero-order valence-electron chi connectivity index (χ0n) is 18.2. The van der Waals surface area contributed by atoms with Crippen molar-refractivity contribution in [1.29, 1.82) is 0 Å². The van der Waals surface area contributed by atoms with Crippen molar-refractivity contribution in [2.24, 2.45) is 0 Å². The molecule has 0 atom stereocenters. The van der Waals surface area contributed by atoms with E-state index in [9.17, 15) is 14.0 Å². The number of nitrogens with zero attached hydrogens (tertiary/aromatic N) is 6. The van der Waals surface area contributed by atoms with Gasteiger partial charge < -0.3 is 15.2 Å². The van der Waals surface area contributed by atoms with Gasteiger partial charge in [-0.05, 0) is 60.7 Å². The highest BCUT2D eigenvalue weighted by atomic mass is 19.1. The number of aromatic nitrogens is 6. The molecule has 0 spiro atoms. The number of amides is 2. The van der Waals surface area contributed by atoms with Crippen LogP contribution in [-0.4, -0.2) is 47.5 Å². The number of benzene rings is 2. The van der Waals surface area contributed by atoms with E-state index in [1.54, 1.807) is 64.4 Å². The van der Waals surface area contributed by atoms with Gasteiger partial charge in [-0.25, -0.2) is 18.7 Å². The Balaban J connectivity index is 1.28. The van der Waals surface area contributed by atoms with Crippen LogP contribution in [-0.2, 0) is 4.79 Å². The number of carbonyl (C=O) groups is 2. The highest BCUT2D eigenvalue weighted by Crippen LogP contribution is 2.20. The summed E-state index contributed by atoms with van der Waals surface area (Å²) in [6.07, 6.45) is 7.95. The first kappa shape index (κ1) is 21.8. The quantitative estimate of drug-likeness (QED) is 0.380. The maximum atomic E-state index is 13.4. The van der Waals surface area contributed by atoms with Crippen LogP contribution in [0.2, 0.25) is 0 Å². The molecule has 0 saturated heterocycles. The molecule has 0 fully saturated rings. The van der Waals surface area contributed by atoms with Crippen molar-refractivity contribution in [2.45, 2.75) is 0 Å². The maximum absolute atomic E-state index is 13.4. The molecule has 3 aromatic heterocycles. The van der Waals surface area contributed by atoms with Gasteiger partial charge in [0.1, 0.15) is 24.0 Å². The molecule has 0 bridgehead atoms. The Hall–Kier alpha value is -5.06. The van der Waals surface area contributed by atoms with Gasteiger partial charge in [0.25, 0.3) is 5.91 Å². The van der Waals surface area contributed by atoms with Crippen LogP contribution in [0.25, 0.3) is 17.2 Å². The van der Waals surface area contributed by atoms with Crippen molar-refractivity contribution >= 4 is 17.5 Å². The molecule has 2 aromatic carbocycles. The fourth-order valence-corrected chi connectivity index (χ4v) is 3.50. The molecule has 0 saturated carbocycles. The Kier molecular flexibility index (Phi) is 5.87. The van der Waals surface area contributed by atoms with Crippen LogP contribution in [0.3, 0.4) is 0 Å². The van der Waals surface area contributed by atoms with Crippen LogP contribution in [0.4, 0.5) is 10.1 Å². The minimum absolute atomic E-state index is 0.240. The highest BCUT2D eigenvalue weighted by molar-refractivity contribution is 6.01. The van der Waals surface area contributed by atoms with Crippen molar-refractivity contribution in [1.82, 2.24) is 34.4 Å². The molecule has 0 aliphatic rings. The monoisotopic (exact) mass is 470 g/mol. The molecule has 0 radical (unpaired) electrons. The minimum atomic E-state index is -0.473. The Morgan fingerprint density at radius 2 is 1.63 bits per heavy atom. The summed E-state index contributed by atoms with van der Waals surface area (Å²) in [4.78, 5) is 29.3. The van der Waals surface area contributed by atoms with Gasteiger partial charge in [-0.2, -0.15) is 10.2 Å². The van der Waals surface area contributed by atoms with Gasteiger partial charge in [-0.15, -0.1) is 0 Å². The third-order valence-corrected chi connectivity index (χ3v) is 5.15. The summed E-state index contributed by atoms with van der Waals surface area (Å²) in [6, 6.07) is 16.4. The fraction of sp³-hybridized carbons (Fsp3) is 0.0417. The highest BCUT2D eigenvalue weighted by Gasteiger charge is 2.20. The number of carbonyl (C=O) groups excluding carboxylic acids is 2. The lowest BCUT2D eigenvalue weighted by atomic mass is 10.2. The number of nitrogens with one attached hydrogen (secondary N) is 2. The zero-order chi connectivity index (χ0) is 24.2. The summed E-state index contributed by atoms with van der Waals surface area (Å²) in [5.74, 6) is -0.775.